The number of carbonyl (C=O) groups is 3. The summed E-state index contributed by atoms with van der Waals surface area (Å²) in [6, 6.07) is 8.84. The highest BCUT2D eigenvalue weighted by atomic mass is 35.5. The van der Waals surface area contributed by atoms with E-state index in [4.69, 9.17) is 25.8 Å². The van der Waals surface area contributed by atoms with Crippen LogP contribution >= 0.6 is 11.6 Å². The third-order valence-corrected chi connectivity index (χ3v) is 7.69. The number of likely N-dealkylation sites (tertiary alicyclic amines) is 1. The van der Waals surface area contributed by atoms with Crippen molar-refractivity contribution in [3.8, 4) is 17.2 Å². The van der Waals surface area contributed by atoms with Gasteiger partial charge in [-0.15, -0.1) is 0 Å². The topological polar surface area (TPSA) is 85.4 Å². The zero-order valence-electron chi connectivity index (χ0n) is 19.3. The fourth-order valence-corrected chi connectivity index (χ4v) is 5.83. The van der Waals surface area contributed by atoms with Crippen molar-refractivity contribution < 1.29 is 28.6 Å². The molecule has 2 amide bonds. The molecule has 1 spiro atoms. The molecule has 182 valence electrons. The molecule has 0 bridgehead atoms. The highest BCUT2D eigenvalue weighted by Crippen LogP contribution is 2.43. The molecule has 0 radical (unpaired) electrons. The lowest BCUT2D eigenvalue weighted by molar-refractivity contribution is -0.139. The van der Waals surface area contributed by atoms with E-state index >= 15 is 0 Å². The second-order valence-corrected chi connectivity index (χ2v) is 10.2. The first-order chi connectivity index (χ1) is 16.8. The number of anilines is 1. The Labute approximate surface area is 207 Å². The molecule has 6 rings (SSSR count). The molecule has 0 aromatic heterocycles. The van der Waals surface area contributed by atoms with E-state index in [0.29, 0.717) is 66.0 Å². The Bertz CT molecular complexity index is 1250. The largest absolute Gasteiger partial charge is 0.486 e. The number of piperidine rings is 1. The standard InChI is InChI=1S/C26H25ClN2O6/c1-15-8-17(27)10-19-20(30)12-26(35-24(15)19)4-6-28(7-5-26)25(32)16-9-23(31)29(13-16)18-2-3-21-22(11-18)34-14-33-21/h2-3,8,10-11,16H,4-7,9,12-14H2,1H3. The Balaban J connectivity index is 1.12. The molecule has 4 heterocycles. The molecular weight excluding hydrogens is 472 g/mol. The smallest absolute Gasteiger partial charge is 0.231 e. The van der Waals surface area contributed by atoms with Crippen LogP contribution in [0, 0.1) is 12.8 Å². The summed E-state index contributed by atoms with van der Waals surface area (Å²) in [5.74, 6) is 1.38. The van der Waals surface area contributed by atoms with E-state index in [9.17, 15) is 14.4 Å². The molecule has 0 aliphatic carbocycles. The minimum Gasteiger partial charge on any atom is -0.486 e. The van der Waals surface area contributed by atoms with Gasteiger partial charge in [0.25, 0.3) is 0 Å². The molecule has 2 saturated heterocycles. The summed E-state index contributed by atoms with van der Waals surface area (Å²) in [5, 5.41) is 0.524. The van der Waals surface area contributed by atoms with E-state index in [0.717, 1.165) is 5.56 Å². The summed E-state index contributed by atoms with van der Waals surface area (Å²) in [6.45, 7) is 3.37. The van der Waals surface area contributed by atoms with Crippen LogP contribution in [0.4, 0.5) is 5.69 Å². The van der Waals surface area contributed by atoms with E-state index in [2.05, 4.69) is 0 Å². The van der Waals surface area contributed by atoms with Gasteiger partial charge in [0.15, 0.2) is 17.3 Å². The molecule has 9 heteroatoms. The number of benzene rings is 2. The van der Waals surface area contributed by atoms with E-state index in [1.165, 1.54) is 0 Å². The molecule has 4 aliphatic heterocycles. The van der Waals surface area contributed by atoms with E-state index < -0.39 is 11.5 Å². The molecule has 1 unspecified atom stereocenters. The first kappa shape index (κ1) is 22.2. The molecule has 1 atom stereocenters. The number of ether oxygens (including phenoxy) is 3. The van der Waals surface area contributed by atoms with Gasteiger partial charge in [-0.2, -0.15) is 0 Å². The zero-order chi connectivity index (χ0) is 24.3. The quantitative estimate of drug-likeness (QED) is 0.629. The third kappa shape index (κ3) is 3.80. The van der Waals surface area contributed by atoms with Crippen molar-refractivity contribution in [2.75, 3.05) is 31.3 Å². The van der Waals surface area contributed by atoms with Crippen LogP contribution < -0.4 is 19.1 Å². The van der Waals surface area contributed by atoms with Crippen LogP contribution in [0.2, 0.25) is 5.02 Å². The molecule has 0 N–H and O–H groups in total. The highest BCUT2D eigenvalue weighted by Gasteiger charge is 2.46. The van der Waals surface area contributed by atoms with E-state index in [-0.39, 0.29) is 37.2 Å². The molecule has 35 heavy (non-hydrogen) atoms. The fraction of sp³-hybridized carbons (Fsp3) is 0.423. The monoisotopic (exact) mass is 496 g/mol. The van der Waals surface area contributed by atoms with E-state index in [1.54, 1.807) is 29.2 Å². The maximum atomic E-state index is 13.3. The number of amides is 2. The number of rotatable bonds is 2. The average molecular weight is 497 g/mol. The minimum atomic E-state index is -0.608. The number of ketones is 1. The van der Waals surface area contributed by atoms with Crippen molar-refractivity contribution in [2.45, 2.75) is 38.2 Å². The van der Waals surface area contributed by atoms with Gasteiger partial charge in [-0.25, -0.2) is 0 Å². The molecule has 4 aliphatic rings. The number of nitrogens with zero attached hydrogens (tertiary/aromatic N) is 2. The number of hydrogen-bond acceptors (Lipinski definition) is 6. The van der Waals surface area contributed by atoms with Gasteiger partial charge in [0, 0.05) is 55.7 Å². The summed E-state index contributed by atoms with van der Waals surface area (Å²) >= 11 is 6.13. The minimum absolute atomic E-state index is 0.0254. The van der Waals surface area contributed by atoms with E-state index in [1.807, 2.05) is 17.9 Å². The lowest BCUT2D eigenvalue weighted by Crippen LogP contribution is -2.53. The lowest BCUT2D eigenvalue weighted by Gasteiger charge is -2.44. The molecule has 0 saturated carbocycles. The number of aryl methyl sites for hydroxylation is 1. The second kappa shape index (κ2) is 8.16. The molecule has 2 aromatic rings. The second-order valence-electron chi connectivity index (χ2n) is 9.75. The number of Topliss-reactive ketones (excluding diaryl/α,β-unsaturated/α-hetero) is 1. The Morgan fingerprint density at radius 3 is 2.66 bits per heavy atom. The van der Waals surface area contributed by atoms with Crippen molar-refractivity contribution in [1.29, 1.82) is 0 Å². The SMILES string of the molecule is Cc1cc(Cl)cc2c1OC1(CCN(C(=O)C3CC(=O)N(c4ccc5c(c4)OCO5)C3)CC1)CC2=O. The van der Waals surface area contributed by atoms with Gasteiger partial charge >= 0.3 is 0 Å². The Morgan fingerprint density at radius 1 is 1.09 bits per heavy atom. The van der Waals surface area contributed by atoms with Gasteiger partial charge in [0.2, 0.25) is 18.6 Å². The van der Waals surface area contributed by atoms with Crippen LogP contribution in [-0.2, 0) is 9.59 Å². The van der Waals surface area contributed by atoms with Gasteiger partial charge in [-0.05, 0) is 36.8 Å². The van der Waals surface area contributed by atoms with Crippen molar-refractivity contribution in [1.82, 2.24) is 4.90 Å². The zero-order valence-corrected chi connectivity index (χ0v) is 20.1. The number of carbonyl (C=O) groups excluding carboxylic acids is 3. The Hall–Kier alpha value is -3.26. The van der Waals surface area contributed by atoms with Crippen molar-refractivity contribution in [2.24, 2.45) is 5.92 Å². The molecule has 2 fully saturated rings. The number of fused-ring (bicyclic) bond motifs is 2. The fourth-order valence-electron chi connectivity index (χ4n) is 5.56. The Kier molecular flexibility index (Phi) is 5.18. The van der Waals surface area contributed by atoms with Crippen LogP contribution in [0.1, 0.15) is 41.6 Å². The van der Waals surface area contributed by atoms with Crippen molar-refractivity contribution in [3.63, 3.8) is 0 Å². The lowest BCUT2D eigenvalue weighted by atomic mass is 9.81. The molecule has 8 nitrogen and oxygen atoms in total. The van der Waals surface area contributed by atoms with Crippen LogP contribution in [0.15, 0.2) is 30.3 Å². The van der Waals surface area contributed by atoms with Gasteiger partial charge < -0.3 is 24.0 Å². The van der Waals surface area contributed by atoms with Crippen LogP contribution in [0.3, 0.4) is 0 Å². The predicted molar refractivity (Wildman–Crippen MR) is 127 cm³/mol. The summed E-state index contributed by atoms with van der Waals surface area (Å²) in [7, 11) is 0. The third-order valence-electron chi connectivity index (χ3n) is 7.47. The highest BCUT2D eigenvalue weighted by molar-refractivity contribution is 6.31. The van der Waals surface area contributed by atoms with Crippen molar-refractivity contribution in [3.05, 3.63) is 46.5 Å². The summed E-state index contributed by atoms with van der Waals surface area (Å²) in [4.78, 5) is 42.4. The van der Waals surface area contributed by atoms with Gasteiger partial charge in [-0.1, -0.05) is 11.6 Å². The van der Waals surface area contributed by atoms with Gasteiger partial charge in [0.05, 0.1) is 17.9 Å². The summed E-state index contributed by atoms with van der Waals surface area (Å²) in [6.07, 6.45) is 1.59. The summed E-state index contributed by atoms with van der Waals surface area (Å²) < 4.78 is 17.2. The van der Waals surface area contributed by atoms with Gasteiger partial charge in [0.1, 0.15) is 11.4 Å². The van der Waals surface area contributed by atoms with Gasteiger partial charge in [-0.3, -0.25) is 14.4 Å². The van der Waals surface area contributed by atoms with Crippen molar-refractivity contribution >= 4 is 34.9 Å². The Morgan fingerprint density at radius 2 is 1.86 bits per heavy atom. The maximum absolute atomic E-state index is 13.3. The first-order valence-corrected chi connectivity index (χ1v) is 12.2. The molecular formula is C26H25ClN2O6. The normalized spacial score (nSPS) is 22.4. The predicted octanol–water partition coefficient (Wildman–Crippen LogP) is 3.76. The first-order valence-electron chi connectivity index (χ1n) is 11.8. The average Bonchev–Trinajstić information content (AvgIpc) is 3.46. The molecule has 2 aromatic carbocycles. The van der Waals surface area contributed by atoms with Crippen LogP contribution in [0.5, 0.6) is 17.2 Å². The summed E-state index contributed by atoms with van der Waals surface area (Å²) in [5.41, 5.74) is 1.47. The number of halogens is 1. The number of hydrogen-bond donors (Lipinski definition) is 0. The van der Waals surface area contributed by atoms with Crippen LogP contribution in [-0.4, -0.2) is 54.5 Å². The maximum Gasteiger partial charge on any atom is 0.231 e. The van der Waals surface area contributed by atoms with Crippen LogP contribution in [0.25, 0.3) is 0 Å².